The van der Waals surface area contributed by atoms with Crippen molar-refractivity contribution in [3.63, 3.8) is 0 Å². The first kappa shape index (κ1) is 14.4. The number of rotatable bonds is 4. The van der Waals surface area contributed by atoms with Gasteiger partial charge in [0.15, 0.2) is 0 Å². The third-order valence-corrected chi connectivity index (χ3v) is 3.24. The van der Waals surface area contributed by atoms with E-state index in [0.29, 0.717) is 10.6 Å². The molecule has 8 nitrogen and oxygen atoms in total. The highest BCUT2D eigenvalue weighted by atomic mass is 79.9. The van der Waals surface area contributed by atoms with Gasteiger partial charge in [-0.2, -0.15) is 4.68 Å². The molecule has 2 aromatic rings. The van der Waals surface area contributed by atoms with E-state index >= 15 is 0 Å². The molecule has 1 aromatic carbocycles. The summed E-state index contributed by atoms with van der Waals surface area (Å²) >= 11 is 8.81. The quantitative estimate of drug-likeness (QED) is 0.614. The SMILES string of the molecule is O=[N+]([O-])c1ccc(Cl)cc1Cn1cc(Br)c([N+](=O)[O-])n1. The molecule has 104 valence electrons. The van der Waals surface area contributed by atoms with Crippen LogP contribution in [0.4, 0.5) is 11.5 Å². The van der Waals surface area contributed by atoms with Crippen LogP contribution in [0.15, 0.2) is 28.9 Å². The molecular weight excluding hydrogens is 355 g/mol. The lowest BCUT2D eigenvalue weighted by molar-refractivity contribution is -0.390. The van der Waals surface area contributed by atoms with Gasteiger partial charge in [-0.1, -0.05) is 11.6 Å². The molecule has 0 unspecified atom stereocenters. The molecule has 0 atom stereocenters. The normalized spacial score (nSPS) is 10.5. The van der Waals surface area contributed by atoms with Crippen molar-refractivity contribution in [3.05, 3.63) is 59.7 Å². The number of nitro benzene ring substituents is 1. The molecule has 10 heteroatoms. The number of aromatic nitrogens is 2. The van der Waals surface area contributed by atoms with E-state index < -0.39 is 9.85 Å². The summed E-state index contributed by atoms with van der Waals surface area (Å²) in [7, 11) is 0. The average molecular weight is 362 g/mol. The number of nitrogens with zero attached hydrogens (tertiary/aromatic N) is 4. The molecule has 0 spiro atoms. The van der Waals surface area contributed by atoms with E-state index in [9.17, 15) is 20.2 Å². The molecule has 0 saturated carbocycles. The summed E-state index contributed by atoms with van der Waals surface area (Å²) < 4.78 is 1.44. The van der Waals surface area contributed by atoms with Crippen molar-refractivity contribution in [3.8, 4) is 0 Å². The van der Waals surface area contributed by atoms with E-state index in [4.69, 9.17) is 11.6 Å². The Labute approximate surface area is 125 Å². The van der Waals surface area contributed by atoms with Gasteiger partial charge in [-0.3, -0.25) is 10.1 Å². The monoisotopic (exact) mass is 360 g/mol. The molecule has 0 aliphatic carbocycles. The van der Waals surface area contributed by atoms with Crippen molar-refractivity contribution in [2.75, 3.05) is 0 Å². The van der Waals surface area contributed by atoms with Crippen molar-refractivity contribution >= 4 is 39.0 Å². The summed E-state index contributed by atoms with van der Waals surface area (Å²) in [5.41, 5.74) is 0.191. The highest BCUT2D eigenvalue weighted by molar-refractivity contribution is 9.10. The molecule has 0 fully saturated rings. The minimum Gasteiger partial charge on any atom is -0.358 e. The second-order valence-corrected chi connectivity index (χ2v) is 5.08. The van der Waals surface area contributed by atoms with Crippen LogP contribution in [0.1, 0.15) is 5.56 Å². The van der Waals surface area contributed by atoms with Crippen molar-refractivity contribution in [1.29, 1.82) is 0 Å². The molecule has 0 N–H and O–H groups in total. The second-order valence-electron chi connectivity index (χ2n) is 3.79. The number of benzene rings is 1. The zero-order valence-corrected chi connectivity index (χ0v) is 12.0. The van der Waals surface area contributed by atoms with Gasteiger partial charge in [0.05, 0.1) is 28.3 Å². The fraction of sp³-hybridized carbons (Fsp3) is 0.100. The van der Waals surface area contributed by atoms with Gasteiger partial charge in [-0.25, -0.2) is 0 Å². The van der Waals surface area contributed by atoms with Crippen molar-refractivity contribution in [1.82, 2.24) is 9.78 Å². The minimum atomic E-state index is -0.646. The topological polar surface area (TPSA) is 104 Å². The van der Waals surface area contributed by atoms with Crippen LogP contribution < -0.4 is 0 Å². The standard InChI is InChI=1S/C10H6BrClN4O4/c11-8-5-14(13-10(8)16(19)20)4-6-3-7(12)1-2-9(6)15(17)18/h1-3,5H,4H2. The van der Waals surface area contributed by atoms with E-state index in [0.717, 1.165) is 0 Å². The maximum absolute atomic E-state index is 10.9. The Morgan fingerprint density at radius 3 is 2.55 bits per heavy atom. The van der Waals surface area contributed by atoms with Gasteiger partial charge < -0.3 is 10.1 Å². The zero-order chi connectivity index (χ0) is 14.9. The Balaban J connectivity index is 2.39. The smallest absolute Gasteiger partial charge is 0.358 e. The molecule has 20 heavy (non-hydrogen) atoms. The zero-order valence-electron chi connectivity index (χ0n) is 9.69. The highest BCUT2D eigenvalue weighted by Gasteiger charge is 2.21. The van der Waals surface area contributed by atoms with Crippen LogP contribution in [0.3, 0.4) is 0 Å². The van der Waals surface area contributed by atoms with E-state index in [1.807, 2.05) is 0 Å². The van der Waals surface area contributed by atoms with E-state index in [1.165, 1.54) is 29.1 Å². The summed E-state index contributed by atoms with van der Waals surface area (Å²) in [6.45, 7) is 0.00329. The van der Waals surface area contributed by atoms with E-state index in [2.05, 4.69) is 21.0 Å². The molecule has 0 radical (unpaired) electrons. The Morgan fingerprint density at radius 1 is 1.30 bits per heavy atom. The summed E-state index contributed by atoms with van der Waals surface area (Å²) in [6.07, 6.45) is 1.38. The van der Waals surface area contributed by atoms with Gasteiger partial charge in [0.25, 0.3) is 5.69 Å². The first-order valence-electron chi connectivity index (χ1n) is 5.18. The molecule has 1 aromatic heterocycles. The number of nitro groups is 2. The third kappa shape index (κ3) is 2.94. The van der Waals surface area contributed by atoms with Gasteiger partial charge in [-0.05, 0) is 33.0 Å². The minimum absolute atomic E-state index is 0.00329. The lowest BCUT2D eigenvalue weighted by Gasteiger charge is -2.01. The molecule has 0 saturated heterocycles. The van der Waals surface area contributed by atoms with Gasteiger partial charge in [-0.15, -0.1) is 0 Å². The van der Waals surface area contributed by atoms with Gasteiger partial charge >= 0.3 is 5.82 Å². The number of hydrogen-bond donors (Lipinski definition) is 0. The van der Waals surface area contributed by atoms with E-state index in [-0.39, 0.29) is 22.5 Å². The lowest BCUT2D eigenvalue weighted by Crippen LogP contribution is -2.04. The Kier molecular flexibility index (Phi) is 4.00. The molecular formula is C10H6BrClN4O4. The maximum Gasteiger partial charge on any atom is 0.404 e. The van der Waals surface area contributed by atoms with Gasteiger partial charge in [0, 0.05) is 11.1 Å². The van der Waals surface area contributed by atoms with Crippen LogP contribution in [0.5, 0.6) is 0 Å². The fourth-order valence-electron chi connectivity index (χ4n) is 1.62. The average Bonchev–Trinajstić information content (AvgIpc) is 2.70. The Bertz CT molecular complexity index is 703. The van der Waals surface area contributed by atoms with Crippen LogP contribution in [0.25, 0.3) is 0 Å². The van der Waals surface area contributed by atoms with E-state index in [1.54, 1.807) is 0 Å². The second kappa shape index (κ2) is 5.55. The maximum atomic E-state index is 10.9. The Hall–Kier alpha value is -2.00. The Morgan fingerprint density at radius 2 is 2.00 bits per heavy atom. The molecule has 0 aliphatic rings. The number of halogens is 2. The lowest BCUT2D eigenvalue weighted by atomic mass is 10.2. The van der Waals surface area contributed by atoms with Crippen LogP contribution in [-0.2, 0) is 6.54 Å². The largest absolute Gasteiger partial charge is 0.404 e. The molecule has 0 amide bonds. The summed E-state index contributed by atoms with van der Waals surface area (Å²) in [6, 6.07) is 4.12. The molecule has 0 bridgehead atoms. The number of hydrogen-bond acceptors (Lipinski definition) is 5. The van der Waals surface area contributed by atoms with Crippen LogP contribution in [-0.4, -0.2) is 19.6 Å². The molecule has 1 heterocycles. The molecule has 2 rings (SSSR count). The summed E-state index contributed by atoms with van der Waals surface area (Å²) in [5.74, 6) is -0.352. The predicted octanol–water partition coefficient (Wildman–Crippen LogP) is 3.16. The fourth-order valence-corrected chi connectivity index (χ4v) is 2.28. The predicted molar refractivity (Wildman–Crippen MR) is 73.8 cm³/mol. The summed E-state index contributed by atoms with van der Waals surface area (Å²) in [4.78, 5) is 20.4. The van der Waals surface area contributed by atoms with Crippen LogP contribution in [0.2, 0.25) is 5.02 Å². The first-order valence-corrected chi connectivity index (χ1v) is 6.35. The van der Waals surface area contributed by atoms with Gasteiger partial charge in [0.1, 0.15) is 4.47 Å². The van der Waals surface area contributed by atoms with Gasteiger partial charge in [0.2, 0.25) is 0 Å². The van der Waals surface area contributed by atoms with Crippen molar-refractivity contribution < 1.29 is 9.85 Å². The highest BCUT2D eigenvalue weighted by Crippen LogP contribution is 2.26. The summed E-state index contributed by atoms with van der Waals surface area (Å²) in [5, 5.41) is 25.7. The van der Waals surface area contributed by atoms with Crippen molar-refractivity contribution in [2.24, 2.45) is 0 Å². The third-order valence-electron chi connectivity index (χ3n) is 2.44. The van der Waals surface area contributed by atoms with Crippen LogP contribution >= 0.6 is 27.5 Å². The van der Waals surface area contributed by atoms with Crippen molar-refractivity contribution in [2.45, 2.75) is 6.54 Å². The van der Waals surface area contributed by atoms with Crippen LogP contribution in [0, 0.1) is 20.2 Å². The molecule has 0 aliphatic heterocycles. The first-order chi connectivity index (χ1) is 9.38.